The summed E-state index contributed by atoms with van der Waals surface area (Å²) in [4.78, 5) is 12.9. The Hall–Kier alpha value is -4.01. The molecule has 0 aliphatic carbocycles. The highest BCUT2D eigenvalue weighted by Crippen LogP contribution is 2.25. The molecule has 0 heterocycles. The first-order valence-electron chi connectivity index (χ1n) is 11.5. The van der Waals surface area contributed by atoms with E-state index in [4.69, 9.17) is 0 Å². The maximum absolute atomic E-state index is 13.4. The van der Waals surface area contributed by atoms with Crippen LogP contribution in [0.1, 0.15) is 16.7 Å². The number of phenols is 1. The zero-order chi connectivity index (χ0) is 25.5. The molecule has 36 heavy (non-hydrogen) atoms. The second kappa shape index (κ2) is 11.2. The SMILES string of the molecule is Cc1ccc(S(=O)(=O)N(CCc2ccccc2)CC(=O)N/N=C\c2c(O)ccc3ccccc23)cc1. The number of rotatable bonds is 9. The van der Waals surface area contributed by atoms with Gasteiger partial charge < -0.3 is 5.11 Å². The third-order valence-electron chi connectivity index (χ3n) is 5.80. The summed E-state index contributed by atoms with van der Waals surface area (Å²) in [7, 11) is -3.92. The second-order valence-electron chi connectivity index (χ2n) is 8.40. The first kappa shape index (κ1) is 25.1. The van der Waals surface area contributed by atoms with E-state index in [0.717, 1.165) is 26.2 Å². The normalized spacial score (nSPS) is 11.8. The Bertz CT molecular complexity index is 1480. The van der Waals surface area contributed by atoms with Crippen molar-refractivity contribution in [2.45, 2.75) is 18.2 Å². The summed E-state index contributed by atoms with van der Waals surface area (Å²) in [6.45, 7) is 1.60. The van der Waals surface area contributed by atoms with Crippen molar-refractivity contribution in [1.29, 1.82) is 0 Å². The Morgan fingerprint density at radius 1 is 0.944 bits per heavy atom. The molecule has 2 N–H and O–H groups in total. The van der Waals surface area contributed by atoms with Crippen molar-refractivity contribution in [3.63, 3.8) is 0 Å². The summed E-state index contributed by atoms with van der Waals surface area (Å²) in [5.74, 6) is -0.562. The molecule has 0 aliphatic rings. The summed E-state index contributed by atoms with van der Waals surface area (Å²) >= 11 is 0. The standard InChI is InChI=1S/C28H27N3O4S/c1-21-11-14-24(15-12-21)36(34,35)31(18-17-22-7-3-2-4-8-22)20-28(33)30-29-19-26-25-10-6-5-9-23(25)13-16-27(26)32/h2-16,19,32H,17-18,20H2,1H3,(H,30,33)/b29-19-. The second-order valence-corrected chi connectivity index (χ2v) is 10.3. The van der Waals surface area contributed by atoms with Crippen molar-refractivity contribution in [3.05, 3.63) is 108 Å². The monoisotopic (exact) mass is 501 g/mol. The lowest BCUT2D eigenvalue weighted by molar-refractivity contribution is -0.121. The fraction of sp³-hybridized carbons (Fsp3) is 0.143. The summed E-state index contributed by atoms with van der Waals surface area (Å²) in [6, 6.07) is 26.9. The Balaban J connectivity index is 1.52. The Kier molecular flexibility index (Phi) is 7.77. The maximum Gasteiger partial charge on any atom is 0.255 e. The highest BCUT2D eigenvalue weighted by atomic mass is 32.2. The van der Waals surface area contributed by atoms with Crippen LogP contribution in [0.2, 0.25) is 0 Å². The van der Waals surface area contributed by atoms with E-state index in [1.54, 1.807) is 36.4 Å². The van der Waals surface area contributed by atoms with Gasteiger partial charge in [-0.05, 0) is 47.9 Å². The highest BCUT2D eigenvalue weighted by Gasteiger charge is 2.26. The number of carbonyl (C=O) groups excluding carboxylic acids is 1. The van der Waals surface area contributed by atoms with Crippen LogP contribution < -0.4 is 5.43 Å². The molecule has 0 fully saturated rings. The van der Waals surface area contributed by atoms with Crippen LogP contribution in [0.25, 0.3) is 10.8 Å². The van der Waals surface area contributed by atoms with E-state index in [9.17, 15) is 18.3 Å². The number of nitrogens with zero attached hydrogens (tertiary/aromatic N) is 2. The summed E-state index contributed by atoms with van der Waals surface area (Å²) < 4.78 is 27.9. The molecule has 0 saturated carbocycles. The van der Waals surface area contributed by atoms with Gasteiger partial charge in [0, 0.05) is 12.1 Å². The van der Waals surface area contributed by atoms with Gasteiger partial charge in [0.2, 0.25) is 10.0 Å². The molecule has 0 bridgehead atoms. The zero-order valence-electron chi connectivity index (χ0n) is 19.8. The van der Waals surface area contributed by atoms with Crippen LogP contribution in [0.4, 0.5) is 0 Å². The molecule has 1 amide bonds. The van der Waals surface area contributed by atoms with Crippen molar-refractivity contribution >= 4 is 32.9 Å². The van der Waals surface area contributed by atoms with Gasteiger partial charge in [-0.2, -0.15) is 9.41 Å². The number of hydrogen-bond acceptors (Lipinski definition) is 5. The lowest BCUT2D eigenvalue weighted by Gasteiger charge is -2.21. The number of hydrogen-bond donors (Lipinski definition) is 2. The first-order valence-corrected chi connectivity index (χ1v) is 12.9. The molecule has 0 radical (unpaired) electrons. The van der Waals surface area contributed by atoms with Crippen LogP contribution >= 0.6 is 0 Å². The minimum atomic E-state index is -3.92. The number of aromatic hydroxyl groups is 1. The molecule has 4 aromatic carbocycles. The number of carbonyl (C=O) groups is 1. The van der Waals surface area contributed by atoms with Crippen LogP contribution in [-0.4, -0.2) is 43.0 Å². The minimum absolute atomic E-state index is 0.0261. The molecule has 0 aliphatic heterocycles. The lowest BCUT2D eigenvalue weighted by Crippen LogP contribution is -2.40. The van der Waals surface area contributed by atoms with E-state index in [0.29, 0.717) is 12.0 Å². The zero-order valence-corrected chi connectivity index (χ0v) is 20.7. The molecule has 0 unspecified atom stereocenters. The predicted molar refractivity (Wildman–Crippen MR) is 141 cm³/mol. The molecule has 7 nitrogen and oxygen atoms in total. The Labute approximate surface area is 210 Å². The topological polar surface area (TPSA) is 99.1 Å². The van der Waals surface area contributed by atoms with Gasteiger partial charge in [-0.15, -0.1) is 0 Å². The van der Waals surface area contributed by atoms with E-state index < -0.39 is 22.5 Å². The van der Waals surface area contributed by atoms with Crippen molar-refractivity contribution in [3.8, 4) is 5.75 Å². The molecule has 0 saturated heterocycles. The summed E-state index contributed by atoms with van der Waals surface area (Å²) in [5.41, 5.74) is 4.76. The average molecular weight is 502 g/mol. The van der Waals surface area contributed by atoms with Crippen LogP contribution in [0, 0.1) is 6.92 Å². The molecule has 0 spiro atoms. The Morgan fingerprint density at radius 2 is 1.64 bits per heavy atom. The van der Waals surface area contributed by atoms with E-state index >= 15 is 0 Å². The first-order chi connectivity index (χ1) is 17.3. The predicted octanol–water partition coefficient (Wildman–Crippen LogP) is 4.24. The molecule has 4 rings (SSSR count). The summed E-state index contributed by atoms with van der Waals surface area (Å²) in [5, 5.41) is 15.9. The molecule has 8 heteroatoms. The fourth-order valence-corrected chi connectivity index (χ4v) is 5.22. The number of nitrogens with one attached hydrogen (secondary N) is 1. The van der Waals surface area contributed by atoms with Gasteiger partial charge >= 0.3 is 0 Å². The van der Waals surface area contributed by atoms with Crippen LogP contribution in [0.15, 0.2) is 101 Å². The molecule has 0 aromatic heterocycles. The Morgan fingerprint density at radius 3 is 2.39 bits per heavy atom. The average Bonchev–Trinajstić information content (AvgIpc) is 2.88. The van der Waals surface area contributed by atoms with Crippen LogP contribution in [0.5, 0.6) is 5.75 Å². The van der Waals surface area contributed by atoms with Gasteiger partial charge in [-0.25, -0.2) is 13.8 Å². The van der Waals surface area contributed by atoms with E-state index in [1.165, 1.54) is 6.21 Å². The number of sulfonamides is 1. The van der Waals surface area contributed by atoms with Gasteiger partial charge in [-0.1, -0.05) is 78.4 Å². The molecule has 4 aromatic rings. The summed E-state index contributed by atoms with van der Waals surface area (Å²) in [6.07, 6.45) is 1.81. The smallest absolute Gasteiger partial charge is 0.255 e. The van der Waals surface area contributed by atoms with E-state index in [2.05, 4.69) is 10.5 Å². The van der Waals surface area contributed by atoms with Crippen molar-refractivity contribution < 1.29 is 18.3 Å². The van der Waals surface area contributed by atoms with Gasteiger partial charge in [0.05, 0.1) is 17.7 Å². The van der Waals surface area contributed by atoms with Gasteiger partial charge in [-0.3, -0.25) is 4.79 Å². The van der Waals surface area contributed by atoms with Gasteiger partial charge in [0.15, 0.2) is 0 Å². The quantitative estimate of drug-likeness (QED) is 0.265. The minimum Gasteiger partial charge on any atom is -0.507 e. The number of phenolic OH excluding ortho intramolecular Hbond substituents is 1. The molecular formula is C28H27N3O4S. The number of aryl methyl sites for hydroxylation is 1. The lowest BCUT2D eigenvalue weighted by atomic mass is 10.0. The van der Waals surface area contributed by atoms with Crippen molar-refractivity contribution in [2.24, 2.45) is 5.10 Å². The third-order valence-corrected chi connectivity index (χ3v) is 7.66. The fourth-order valence-electron chi connectivity index (χ4n) is 3.83. The number of benzene rings is 4. The van der Waals surface area contributed by atoms with E-state index in [1.807, 2.05) is 61.5 Å². The third kappa shape index (κ3) is 5.97. The number of fused-ring (bicyclic) bond motifs is 1. The maximum atomic E-state index is 13.4. The largest absolute Gasteiger partial charge is 0.507 e. The van der Waals surface area contributed by atoms with Crippen LogP contribution in [0.3, 0.4) is 0 Å². The van der Waals surface area contributed by atoms with E-state index in [-0.39, 0.29) is 17.2 Å². The van der Waals surface area contributed by atoms with Gasteiger partial charge in [0.25, 0.3) is 5.91 Å². The molecule has 0 atom stereocenters. The van der Waals surface area contributed by atoms with Crippen LogP contribution in [-0.2, 0) is 21.2 Å². The number of hydrazone groups is 1. The highest BCUT2D eigenvalue weighted by molar-refractivity contribution is 7.89. The van der Waals surface area contributed by atoms with Gasteiger partial charge in [0.1, 0.15) is 5.75 Å². The number of amides is 1. The van der Waals surface area contributed by atoms with Crippen molar-refractivity contribution in [2.75, 3.05) is 13.1 Å². The molecular weight excluding hydrogens is 474 g/mol. The molecule has 184 valence electrons. The van der Waals surface area contributed by atoms with Crippen molar-refractivity contribution in [1.82, 2.24) is 9.73 Å².